The van der Waals surface area contributed by atoms with Crippen molar-refractivity contribution in [3.05, 3.63) is 35.6 Å². The first-order chi connectivity index (χ1) is 12.0. The summed E-state index contributed by atoms with van der Waals surface area (Å²) in [6.07, 6.45) is -1.12. The highest BCUT2D eigenvalue weighted by Gasteiger charge is 2.57. The zero-order valence-corrected chi connectivity index (χ0v) is 15.1. The number of carbonyl (C=O) groups excluding carboxylic acids is 3. The van der Waals surface area contributed by atoms with Gasteiger partial charge in [0.05, 0.1) is 14.2 Å². The predicted molar refractivity (Wildman–Crippen MR) is 86.4 cm³/mol. The maximum absolute atomic E-state index is 15.5. The Morgan fingerprint density at radius 2 is 1.62 bits per heavy atom. The number of methoxy groups -OCH3 is 2. The number of rotatable bonds is 5. The summed E-state index contributed by atoms with van der Waals surface area (Å²) in [6, 6.07) is 2.44. The standard InChI is InChI=1S/C17H21F2NO6/c1-16(2,3)26-15(23)20-12(10-7-6-8-11(18)9-10)17(19,13(21)24-4)14(22)25-5/h6-9,12H,1-5H3,(H,20,23)/t12-/m0/s1. The van der Waals surface area contributed by atoms with E-state index in [0.29, 0.717) is 0 Å². The van der Waals surface area contributed by atoms with E-state index >= 15 is 4.39 Å². The van der Waals surface area contributed by atoms with Crippen molar-refractivity contribution in [3.8, 4) is 0 Å². The van der Waals surface area contributed by atoms with Crippen LogP contribution in [0.15, 0.2) is 24.3 Å². The van der Waals surface area contributed by atoms with Crippen molar-refractivity contribution in [2.45, 2.75) is 38.1 Å². The van der Waals surface area contributed by atoms with Gasteiger partial charge in [0.25, 0.3) is 0 Å². The third kappa shape index (κ3) is 4.90. The molecule has 0 heterocycles. The summed E-state index contributed by atoms with van der Waals surface area (Å²) in [7, 11) is 1.71. The van der Waals surface area contributed by atoms with Crippen molar-refractivity contribution < 1.29 is 37.4 Å². The van der Waals surface area contributed by atoms with Gasteiger partial charge in [-0.25, -0.2) is 23.2 Å². The summed E-state index contributed by atoms with van der Waals surface area (Å²) in [6.45, 7) is 4.69. The number of nitrogens with one attached hydrogen (secondary N) is 1. The molecule has 0 spiro atoms. The van der Waals surface area contributed by atoms with Crippen LogP contribution in [-0.2, 0) is 23.8 Å². The van der Waals surface area contributed by atoms with Crippen LogP contribution in [0.5, 0.6) is 0 Å². The number of benzene rings is 1. The molecule has 26 heavy (non-hydrogen) atoms. The normalized spacial score (nSPS) is 12.7. The van der Waals surface area contributed by atoms with E-state index in [4.69, 9.17) is 4.74 Å². The zero-order valence-electron chi connectivity index (χ0n) is 15.1. The van der Waals surface area contributed by atoms with E-state index in [1.165, 1.54) is 12.1 Å². The van der Waals surface area contributed by atoms with E-state index in [1.807, 2.05) is 0 Å². The highest BCUT2D eigenvalue weighted by atomic mass is 19.1. The molecule has 0 fully saturated rings. The van der Waals surface area contributed by atoms with Gasteiger partial charge in [-0.2, -0.15) is 0 Å². The molecule has 0 unspecified atom stereocenters. The van der Waals surface area contributed by atoms with E-state index in [9.17, 15) is 18.8 Å². The van der Waals surface area contributed by atoms with Crippen LogP contribution in [0.3, 0.4) is 0 Å². The first kappa shape index (κ1) is 21.3. The zero-order chi connectivity index (χ0) is 20.1. The van der Waals surface area contributed by atoms with Crippen LogP contribution in [0.25, 0.3) is 0 Å². The Labute approximate surface area is 149 Å². The predicted octanol–water partition coefficient (Wildman–Crippen LogP) is 2.45. The monoisotopic (exact) mass is 373 g/mol. The Kier molecular flexibility index (Phi) is 6.66. The lowest BCUT2D eigenvalue weighted by molar-refractivity contribution is -0.174. The first-order valence-electron chi connectivity index (χ1n) is 7.56. The summed E-state index contributed by atoms with van der Waals surface area (Å²) in [5, 5.41) is 2.08. The molecule has 1 atom stereocenters. The van der Waals surface area contributed by atoms with Gasteiger partial charge in [0.15, 0.2) is 0 Å². The molecule has 7 nitrogen and oxygen atoms in total. The summed E-state index contributed by atoms with van der Waals surface area (Å²) >= 11 is 0. The number of esters is 2. The second-order valence-corrected chi connectivity index (χ2v) is 6.33. The van der Waals surface area contributed by atoms with Crippen LogP contribution in [-0.4, -0.2) is 43.5 Å². The molecule has 1 rings (SSSR count). The Bertz CT molecular complexity index is 670. The van der Waals surface area contributed by atoms with Crippen molar-refractivity contribution in [1.82, 2.24) is 5.32 Å². The average Bonchev–Trinajstić information content (AvgIpc) is 2.55. The van der Waals surface area contributed by atoms with E-state index in [-0.39, 0.29) is 5.56 Å². The Hall–Kier alpha value is -2.71. The fourth-order valence-corrected chi connectivity index (χ4v) is 2.14. The maximum Gasteiger partial charge on any atom is 0.408 e. The molecule has 0 aliphatic rings. The van der Waals surface area contributed by atoms with Crippen molar-refractivity contribution in [2.75, 3.05) is 14.2 Å². The quantitative estimate of drug-likeness (QED) is 0.484. The molecule has 1 aromatic rings. The minimum atomic E-state index is -3.46. The molecular formula is C17H21F2NO6. The highest BCUT2D eigenvalue weighted by Crippen LogP contribution is 2.33. The lowest BCUT2D eigenvalue weighted by atomic mass is 9.89. The first-order valence-corrected chi connectivity index (χ1v) is 7.56. The number of ether oxygens (including phenoxy) is 3. The van der Waals surface area contributed by atoms with Gasteiger partial charge in [-0.1, -0.05) is 12.1 Å². The number of halogens is 2. The molecule has 9 heteroatoms. The molecule has 0 saturated heterocycles. The molecule has 1 aromatic carbocycles. The fourth-order valence-electron chi connectivity index (χ4n) is 2.14. The van der Waals surface area contributed by atoms with Gasteiger partial charge >= 0.3 is 23.7 Å². The van der Waals surface area contributed by atoms with Crippen LogP contribution in [0.1, 0.15) is 32.4 Å². The molecule has 1 amide bonds. The Balaban J connectivity index is 3.44. The van der Waals surface area contributed by atoms with Gasteiger partial charge in [-0.15, -0.1) is 0 Å². The summed E-state index contributed by atoms with van der Waals surface area (Å²) < 4.78 is 42.8. The van der Waals surface area contributed by atoms with Gasteiger partial charge in [0, 0.05) is 0 Å². The lowest BCUT2D eigenvalue weighted by Gasteiger charge is -2.31. The molecule has 144 valence electrons. The van der Waals surface area contributed by atoms with Crippen molar-refractivity contribution in [3.63, 3.8) is 0 Å². The van der Waals surface area contributed by atoms with Gasteiger partial charge in [-0.3, -0.25) is 0 Å². The Morgan fingerprint density at radius 1 is 1.08 bits per heavy atom. The molecule has 1 N–H and O–H groups in total. The topological polar surface area (TPSA) is 90.9 Å². The Morgan fingerprint density at radius 3 is 2.04 bits per heavy atom. The highest BCUT2D eigenvalue weighted by molar-refractivity contribution is 6.05. The van der Waals surface area contributed by atoms with Gasteiger partial charge in [0.1, 0.15) is 17.5 Å². The number of alkyl halides is 1. The summed E-state index contributed by atoms with van der Waals surface area (Å²) in [5.74, 6) is -4.00. The van der Waals surface area contributed by atoms with Gasteiger partial charge < -0.3 is 19.5 Å². The second-order valence-electron chi connectivity index (χ2n) is 6.33. The van der Waals surface area contributed by atoms with E-state index in [2.05, 4.69) is 14.8 Å². The third-order valence-electron chi connectivity index (χ3n) is 3.21. The number of amides is 1. The molecule has 0 radical (unpaired) electrons. The van der Waals surface area contributed by atoms with Crippen LogP contribution < -0.4 is 5.32 Å². The van der Waals surface area contributed by atoms with Gasteiger partial charge in [0.2, 0.25) is 0 Å². The molecule has 0 aliphatic heterocycles. The van der Waals surface area contributed by atoms with E-state index in [0.717, 1.165) is 26.4 Å². The van der Waals surface area contributed by atoms with Crippen LogP contribution in [0, 0.1) is 5.82 Å². The number of hydrogen-bond donors (Lipinski definition) is 1. The maximum atomic E-state index is 15.5. The van der Waals surface area contributed by atoms with Crippen LogP contribution in [0.4, 0.5) is 13.6 Å². The smallest absolute Gasteiger partial charge is 0.408 e. The molecule has 0 aromatic heterocycles. The molecule has 0 saturated carbocycles. The average molecular weight is 373 g/mol. The minimum Gasteiger partial charge on any atom is -0.466 e. The van der Waals surface area contributed by atoms with Crippen LogP contribution >= 0.6 is 0 Å². The van der Waals surface area contributed by atoms with Crippen molar-refractivity contribution in [1.29, 1.82) is 0 Å². The summed E-state index contributed by atoms with van der Waals surface area (Å²) in [5.41, 5.74) is -4.60. The van der Waals surface area contributed by atoms with Crippen molar-refractivity contribution in [2.24, 2.45) is 0 Å². The third-order valence-corrected chi connectivity index (χ3v) is 3.21. The van der Waals surface area contributed by atoms with Crippen LogP contribution in [0.2, 0.25) is 0 Å². The molecule has 0 bridgehead atoms. The SMILES string of the molecule is COC(=O)C(F)(C(=O)OC)[C@@H](NC(=O)OC(C)(C)C)c1cccc(F)c1. The summed E-state index contributed by atoms with van der Waals surface area (Å²) in [4.78, 5) is 36.1. The molecular weight excluding hydrogens is 352 g/mol. The second kappa shape index (κ2) is 8.11. The van der Waals surface area contributed by atoms with Gasteiger partial charge in [-0.05, 0) is 38.5 Å². The fraction of sp³-hybridized carbons (Fsp3) is 0.471. The minimum absolute atomic E-state index is 0.200. The van der Waals surface area contributed by atoms with E-state index in [1.54, 1.807) is 20.8 Å². The number of hydrogen-bond acceptors (Lipinski definition) is 6. The van der Waals surface area contributed by atoms with E-state index < -0.39 is 41.2 Å². The number of carbonyl (C=O) groups is 3. The molecule has 0 aliphatic carbocycles. The number of alkyl carbamates (subject to hydrolysis) is 1. The largest absolute Gasteiger partial charge is 0.466 e. The van der Waals surface area contributed by atoms with Crippen molar-refractivity contribution >= 4 is 18.0 Å². The lowest BCUT2D eigenvalue weighted by Crippen LogP contribution is -2.55.